The van der Waals surface area contributed by atoms with E-state index in [2.05, 4.69) is 0 Å². The monoisotopic (exact) mass is 266 g/mol. The molecule has 1 atom stereocenters. The molecule has 0 spiro atoms. The number of hydrogen-bond donors (Lipinski definition) is 0. The highest BCUT2D eigenvalue weighted by atomic mass is 17.2. The van der Waals surface area contributed by atoms with Crippen LogP contribution in [0.3, 0.4) is 0 Å². The molecule has 1 saturated heterocycles. The van der Waals surface area contributed by atoms with E-state index in [0.29, 0.717) is 5.57 Å². The van der Waals surface area contributed by atoms with Crippen LogP contribution in [-0.2, 0) is 19.3 Å². The van der Waals surface area contributed by atoms with Crippen LogP contribution in [0, 0.1) is 0 Å². The summed E-state index contributed by atoms with van der Waals surface area (Å²) in [6.45, 7) is 9.57. The normalized spacial score (nSPS) is 30.7. The zero-order valence-corrected chi connectivity index (χ0v) is 12.5. The first-order valence-electron chi connectivity index (χ1n) is 6.60. The Bertz CT molecular complexity index is 484. The van der Waals surface area contributed by atoms with Crippen molar-refractivity contribution in [2.24, 2.45) is 0 Å². The molecule has 0 aromatic rings. The summed E-state index contributed by atoms with van der Waals surface area (Å²) in [5.41, 5.74) is 2.76. The van der Waals surface area contributed by atoms with Crippen molar-refractivity contribution in [1.29, 1.82) is 0 Å². The average Bonchev–Trinajstić information content (AvgIpc) is 2.33. The van der Waals surface area contributed by atoms with Crippen molar-refractivity contribution < 1.29 is 19.3 Å². The standard InChI is InChI=1S/C15H22O4/c1-9-11(3)15(19-17-6)12(10(2)13(9)16)7-8-14(4,5)18-15/h7-8H2,1-6H3. The third-order valence-corrected chi connectivity index (χ3v) is 4.19. The van der Waals surface area contributed by atoms with Crippen LogP contribution in [0.15, 0.2) is 22.3 Å². The number of rotatable bonds is 2. The maximum atomic E-state index is 12.2. The fraction of sp³-hybridized carbons (Fsp3) is 0.667. The van der Waals surface area contributed by atoms with Gasteiger partial charge in [-0.3, -0.25) is 4.79 Å². The van der Waals surface area contributed by atoms with E-state index in [1.165, 1.54) is 7.11 Å². The summed E-state index contributed by atoms with van der Waals surface area (Å²) in [6.07, 6.45) is 1.63. The van der Waals surface area contributed by atoms with E-state index < -0.39 is 5.79 Å². The summed E-state index contributed by atoms with van der Waals surface area (Å²) in [7, 11) is 1.46. The van der Waals surface area contributed by atoms with Gasteiger partial charge in [-0.25, -0.2) is 4.89 Å². The lowest BCUT2D eigenvalue weighted by Gasteiger charge is -2.48. The molecule has 0 amide bonds. The summed E-state index contributed by atoms with van der Waals surface area (Å²) >= 11 is 0. The highest BCUT2D eigenvalue weighted by Crippen LogP contribution is 2.48. The van der Waals surface area contributed by atoms with Gasteiger partial charge in [-0.2, -0.15) is 4.89 Å². The molecule has 1 aliphatic carbocycles. The molecule has 106 valence electrons. The van der Waals surface area contributed by atoms with E-state index >= 15 is 0 Å². The number of ether oxygens (including phenoxy) is 1. The van der Waals surface area contributed by atoms with Crippen LogP contribution in [0.5, 0.6) is 0 Å². The molecule has 2 rings (SSSR count). The van der Waals surface area contributed by atoms with Gasteiger partial charge in [0, 0.05) is 16.7 Å². The van der Waals surface area contributed by atoms with Crippen LogP contribution < -0.4 is 0 Å². The molecule has 1 aliphatic heterocycles. The zero-order valence-electron chi connectivity index (χ0n) is 12.5. The van der Waals surface area contributed by atoms with Crippen LogP contribution in [-0.4, -0.2) is 24.3 Å². The van der Waals surface area contributed by atoms with Crippen molar-refractivity contribution in [3.63, 3.8) is 0 Å². The Morgan fingerprint density at radius 1 is 1.16 bits per heavy atom. The molecule has 4 nitrogen and oxygen atoms in total. The van der Waals surface area contributed by atoms with E-state index in [1.807, 2.05) is 34.6 Å². The molecule has 0 radical (unpaired) electrons. The maximum absolute atomic E-state index is 12.2. The second-order valence-electron chi connectivity index (χ2n) is 5.91. The average molecular weight is 266 g/mol. The van der Waals surface area contributed by atoms with Gasteiger partial charge >= 0.3 is 0 Å². The van der Waals surface area contributed by atoms with Crippen LogP contribution in [0.4, 0.5) is 0 Å². The quantitative estimate of drug-likeness (QED) is 0.569. The van der Waals surface area contributed by atoms with Gasteiger partial charge in [0.25, 0.3) is 0 Å². The van der Waals surface area contributed by atoms with Gasteiger partial charge in [0.2, 0.25) is 5.79 Å². The summed E-state index contributed by atoms with van der Waals surface area (Å²) in [5.74, 6) is -0.968. The second-order valence-corrected chi connectivity index (χ2v) is 5.91. The van der Waals surface area contributed by atoms with E-state index in [4.69, 9.17) is 14.5 Å². The minimum Gasteiger partial charge on any atom is -0.335 e. The molecule has 0 N–H and O–H groups in total. The van der Waals surface area contributed by atoms with Crippen LogP contribution >= 0.6 is 0 Å². The molecule has 1 heterocycles. The summed E-state index contributed by atoms with van der Waals surface area (Å²) in [6, 6.07) is 0. The Kier molecular flexibility index (Phi) is 3.45. The zero-order chi connectivity index (χ0) is 14.4. The van der Waals surface area contributed by atoms with Gasteiger partial charge in [0.05, 0.1) is 12.7 Å². The van der Waals surface area contributed by atoms with Gasteiger partial charge in [0.1, 0.15) is 0 Å². The van der Waals surface area contributed by atoms with Crippen LogP contribution in [0.1, 0.15) is 47.5 Å². The Labute approximate surface area is 114 Å². The third kappa shape index (κ3) is 2.08. The molecule has 19 heavy (non-hydrogen) atoms. The number of carbonyl (C=O) groups is 1. The minimum atomic E-state index is -1.04. The molecular formula is C15H22O4. The highest BCUT2D eigenvalue weighted by molar-refractivity contribution is 6.10. The van der Waals surface area contributed by atoms with E-state index in [-0.39, 0.29) is 11.4 Å². The summed E-state index contributed by atoms with van der Waals surface area (Å²) in [5, 5.41) is 0. The lowest BCUT2D eigenvalue weighted by Crippen LogP contribution is -2.52. The molecule has 0 saturated carbocycles. The highest BCUT2D eigenvalue weighted by Gasteiger charge is 2.52. The first kappa shape index (κ1) is 14.4. The first-order valence-corrected chi connectivity index (χ1v) is 6.60. The smallest absolute Gasteiger partial charge is 0.247 e. The van der Waals surface area contributed by atoms with Crippen molar-refractivity contribution >= 4 is 5.78 Å². The number of allylic oxidation sites excluding steroid dienone is 2. The molecule has 0 bridgehead atoms. The lowest BCUT2D eigenvalue weighted by atomic mass is 9.76. The van der Waals surface area contributed by atoms with Gasteiger partial charge in [-0.1, -0.05) is 0 Å². The molecule has 0 aromatic carbocycles. The van der Waals surface area contributed by atoms with Crippen molar-refractivity contribution in [3.05, 3.63) is 22.3 Å². The SMILES string of the molecule is COOC12OC(C)(C)CCC1=C(C)C(=O)C(C)=C2C. The van der Waals surface area contributed by atoms with E-state index in [1.54, 1.807) is 0 Å². The van der Waals surface area contributed by atoms with Gasteiger partial charge in [0.15, 0.2) is 5.78 Å². The molecule has 0 aromatic heterocycles. The number of ketones is 1. The van der Waals surface area contributed by atoms with Gasteiger partial charge < -0.3 is 4.74 Å². The predicted molar refractivity (Wildman–Crippen MR) is 71.3 cm³/mol. The van der Waals surface area contributed by atoms with Crippen molar-refractivity contribution in [1.82, 2.24) is 0 Å². The van der Waals surface area contributed by atoms with Crippen molar-refractivity contribution in [2.75, 3.05) is 7.11 Å². The van der Waals surface area contributed by atoms with Gasteiger partial charge in [-0.15, -0.1) is 0 Å². The summed E-state index contributed by atoms with van der Waals surface area (Å²) < 4.78 is 6.19. The Balaban J connectivity index is 2.62. The Morgan fingerprint density at radius 2 is 1.79 bits per heavy atom. The molecular weight excluding hydrogens is 244 g/mol. The molecule has 2 aliphatic rings. The fourth-order valence-corrected chi connectivity index (χ4v) is 2.91. The van der Waals surface area contributed by atoms with Crippen LogP contribution in [0.25, 0.3) is 0 Å². The second kappa shape index (κ2) is 4.54. The molecule has 1 fully saturated rings. The number of fused-ring (bicyclic) bond motifs is 1. The topological polar surface area (TPSA) is 44.8 Å². The van der Waals surface area contributed by atoms with E-state index in [9.17, 15) is 4.79 Å². The number of Topliss-reactive ketones (excluding diaryl/α,β-unsaturated/α-hetero) is 1. The van der Waals surface area contributed by atoms with Crippen molar-refractivity contribution in [3.8, 4) is 0 Å². The number of hydrogen-bond acceptors (Lipinski definition) is 4. The first-order chi connectivity index (χ1) is 8.75. The molecule has 1 unspecified atom stereocenters. The third-order valence-electron chi connectivity index (χ3n) is 4.19. The Morgan fingerprint density at radius 3 is 2.37 bits per heavy atom. The lowest BCUT2D eigenvalue weighted by molar-refractivity contribution is -0.412. The fourth-order valence-electron chi connectivity index (χ4n) is 2.91. The van der Waals surface area contributed by atoms with Crippen LogP contribution in [0.2, 0.25) is 0 Å². The largest absolute Gasteiger partial charge is 0.335 e. The van der Waals surface area contributed by atoms with Crippen molar-refractivity contribution in [2.45, 2.75) is 58.8 Å². The summed E-state index contributed by atoms with van der Waals surface area (Å²) in [4.78, 5) is 22.7. The molecule has 4 heteroatoms. The predicted octanol–water partition coefficient (Wildman–Crippen LogP) is 3.09. The Hall–Kier alpha value is -0.970. The number of carbonyl (C=O) groups excluding carboxylic acids is 1. The minimum absolute atomic E-state index is 0.0751. The van der Waals surface area contributed by atoms with Gasteiger partial charge in [-0.05, 0) is 53.0 Å². The van der Waals surface area contributed by atoms with E-state index in [0.717, 1.165) is 29.6 Å². The maximum Gasteiger partial charge on any atom is 0.247 e.